The topological polar surface area (TPSA) is 80.9 Å². The highest BCUT2D eigenvalue weighted by Gasteiger charge is 2.26. The molecule has 0 aliphatic heterocycles. The summed E-state index contributed by atoms with van der Waals surface area (Å²) in [5, 5.41) is 21.2. The van der Waals surface area contributed by atoms with Crippen LogP contribution in [-0.2, 0) is 0 Å². The molecule has 0 amide bonds. The molecule has 1 fully saturated rings. The molecule has 1 aromatic heterocycles. The van der Waals surface area contributed by atoms with Crippen LogP contribution in [0.4, 0.5) is 0 Å². The number of benzene rings is 1. The molecule has 0 saturated heterocycles. The lowest BCUT2D eigenvalue weighted by Gasteiger charge is -2.12. The second kappa shape index (κ2) is 5.61. The standard InChI is InChI=1S/C13H12Cl2N4O2/c14-9-5-8(13(20)21)6-10(15)11(9)19-12(16-17-18-19)7-3-1-2-4-7/h5-7H,1-4H2,(H,20,21). The molecule has 0 atom stereocenters. The van der Waals surface area contributed by atoms with Gasteiger partial charge in [-0.05, 0) is 35.4 Å². The fourth-order valence-electron chi connectivity index (χ4n) is 2.68. The number of halogens is 2. The van der Waals surface area contributed by atoms with Crippen molar-refractivity contribution in [1.82, 2.24) is 20.2 Å². The molecule has 0 spiro atoms. The predicted molar refractivity (Wildman–Crippen MR) is 77.3 cm³/mol. The van der Waals surface area contributed by atoms with E-state index in [-0.39, 0.29) is 21.5 Å². The molecule has 6 nitrogen and oxygen atoms in total. The van der Waals surface area contributed by atoms with E-state index in [0.29, 0.717) is 5.69 Å². The van der Waals surface area contributed by atoms with E-state index in [1.807, 2.05) is 0 Å². The predicted octanol–water partition coefficient (Wildman–Crippen LogP) is 3.32. The van der Waals surface area contributed by atoms with Crippen molar-refractivity contribution in [2.24, 2.45) is 0 Å². The zero-order valence-electron chi connectivity index (χ0n) is 11.0. The maximum absolute atomic E-state index is 11.0. The molecule has 21 heavy (non-hydrogen) atoms. The van der Waals surface area contributed by atoms with E-state index in [2.05, 4.69) is 15.5 Å². The molecule has 1 saturated carbocycles. The number of hydrogen-bond acceptors (Lipinski definition) is 4. The van der Waals surface area contributed by atoms with Crippen molar-refractivity contribution in [2.45, 2.75) is 31.6 Å². The zero-order valence-corrected chi connectivity index (χ0v) is 12.5. The largest absolute Gasteiger partial charge is 0.478 e. The molecular formula is C13H12Cl2N4O2. The van der Waals surface area contributed by atoms with Gasteiger partial charge >= 0.3 is 5.97 Å². The highest BCUT2D eigenvalue weighted by atomic mass is 35.5. The fourth-order valence-corrected chi connectivity index (χ4v) is 3.33. The van der Waals surface area contributed by atoms with Crippen LogP contribution in [0.3, 0.4) is 0 Å². The SMILES string of the molecule is O=C(O)c1cc(Cl)c(-n2nnnc2C2CCCC2)c(Cl)c1. The van der Waals surface area contributed by atoms with Gasteiger partial charge in [0.2, 0.25) is 0 Å². The normalized spacial score (nSPS) is 15.5. The van der Waals surface area contributed by atoms with Crippen LogP contribution in [0.5, 0.6) is 0 Å². The molecule has 0 radical (unpaired) electrons. The second-order valence-corrected chi connectivity index (χ2v) is 5.84. The average Bonchev–Trinajstić information content (AvgIpc) is 3.07. The summed E-state index contributed by atoms with van der Waals surface area (Å²) in [5.74, 6) is -0.0799. The number of nitrogens with zero attached hydrogens (tertiary/aromatic N) is 4. The number of aromatic nitrogens is 4. The van der Waals surface area contributed by atoms with Gasteiger partial charge in [-0.15, -0.1) is 5.10 Å². The Balaban J connectivity index is 2.09. The molecule has 110 valence electrons. The van der Waals surface area contributed by atoms with E-state index in [1.54, 1.807) is 0 Å². The summed E-state index contributed by atoms with van der Waals surface area (Å²) >= 11 is 12.4. The molecular weight excluding hydrogens is 315 g/mol. The van der Waals surface area contributed by atoms with Crippen LogP contribution in [0.2, 0.25) is 10.0 Å². The molecule has 0 unspecified atom stereocenters. The molecule has 0 bridgehead atoms. The summed E-state index contributed by atoms with van der Waals surface area (Å²) in [6, 6.07) is 2.70. The third-order valence-electron chi connectivity index (χ3n) is 3.69. The number of carboxylic acid groups (broad SMARTS) is 1. The van der Waals surface area contributed by atoms with E-state index in [1.165, 1.54) is 16.8 Å². The fraction of sp³-hybridized carbons (Fsp3) is 0.385. The third kappa shape index (κ3) is 2.61. The van der Waals surface area contributed by atoms with Gasteiger partial charge in [0.25, 0.3) is 0 Å². The summed E-state index contributed by atoms with van der Waals surface area (Å²) in [4.78, 5) is 11.0. The number of carbonyl (C=O) groups is 1. The smallest absolute Gasteiger partial charge is 0.335 e. The van der Waals surface area contributed by atoms with Gasteiger partial charge in [0.05, 0.1) is 15.6 Å². The Kier molecular flexibility index (Phi) is 3.82. The van der Waals surface area contributed by atoms with E-state index in [9.17, 15) is 4.79 Å². The highest BCUT2D eigenvalue weighted by molar-refractivity contribution is 6.38. The molecule has 1 N–H and O–H groups in total. The van der Waals surface area contributed by atoms with Crippen molar-refractivity contribution in [3.63, 3.8) is 0 Å². The van der Waals surface area contributed by atoms with Crippen molar-refractivity contribution < 1.29 is 9.90 Å². The Bertz CT molecular complexity index is 672. The van der Waals surface area contributed by atoms with Crippen LogP contribution >= 0.6 is 23.2 Å². The molecule has 8 heteroatoms. The van der Waals surface area contributed by atoms with Crippen molar-refractivity contribution in [3.8, 4) is 5.69 Å². The lowest BCUT2D eigenvalue weighted by atomic mass is 10.1. The highest BCUT2D eigenvalue weighted by Crippen LogP contribution is 2.36. The van der Waals surface area contributed by atoms with Crippen LogP contribution in [0.1, 0.15) is 47.8 Å². The average molecular weight is 327 g/mol. The quantitative estimate of drug-likeness (QED) is 0.935. The monoisotopic (exact) mass is 326 g/mol. The van der Waals surface area contributed by atoms with Gasteiger partial charge in [0, 0.05) is 5.92 Å². The summed E-state index contributed by atoms with van der Waals surface area (Å²) in [5.41, 5.74) is 0.458. The Hall–Kier alpha value is -1.66. The van der Waals surface area contributed by atoms with Gasteiger partial charge in [-0.25, -0.2) is 4.79 Å². The first-order valence-corrected chi connectivity index (χ1v) is 7.34. The van der Waals surface area contributed by atoms with Gasteiger partial charge in [-0.2, -0.15) is 4.68 Å². The molecule has 2 aromatic rings. The van der Waals surface area contributed by atoms with Crippen molar-refractivity contribution in [2.75, 3.05) is 0 Å². The number of aromatic carboxylic acids is 1. The van der Waals surface area contributed by atoms with Crippen LogP contribution in [0.25, 0.3) is 5.69 Å². The van der Waals surface area contributed by atoms with Gasteiger partial charge in [0.15, 0.2) is 5.82 Å². The first-order chi connectivity index (χ1) is 10.1. The van der Waals surface area contributed by atoms with Crippen LogP contribution in [0.15, 0.2) is 12.1 Å². The Labute approximate surface area is 130 Å². The van der Waals surface area contributed by atoms with Gasteiger partial charge in [0.1, 0.15) is 5.69 Å². The van der Waals surface area contributed by atoms with E-state index >= 15 is 0 Å². The van der Waals surface area contributed by atoms with Gasteiger partial charge in [-0.3, -0.25) is 0 Å². The summed E-state index contributed by atoms with van der Waals surface area (Å²) in [6.07, 6.45) is 4.36. The molecule has 3 rings (SSSR count). The number of hydrogen-bond donors (Lipinski definition) is 1. The van der Waals surface area contributed by atoms with E-state index < -0.39 is 5.97 Å². The van der Waals surface area contributed by atoms with E-state index in [4.69, 9.17) is 28.3 Å². The first-order valence-electron chi connectivity index (χ1n) is 6.59. The zero-order chi connectivity index (χ0) is 15.0. The van der Waals surface area contributed by atoms with Crippen LogP contribution < -0.4 is 0 Å². The van der Waals surface area contributed by atoms with Crippen LogP contribution in [-0.4, -0.2) is 31.3 Å². The third-order valence-corrected chi connectivity index (χ3v) is 4.27. The van der Waals surface area contributed by atoms with Gasteiger partial charge in [-0.1, -0.05) is 36.0 Å². The molecule has 1 aliphatic carbocycles. The number of tetrazole rings is 1. The van der Waals surface area contributed by atoms with Crippen molar-refractivity contribution in [1.29, 1.82) is 0 Å². The molecule has 1 aliphatic rings. The van der Waals surface area contributed by atoms with Gasteiger partial charge < -0.3 is 5.11 Å². The summed E-state index contributed by atoms with van der Waals surface area (Å²) in [6.45, 7) is 0. The summed E-state index contributed by atoms with van der Waals surface area (Å²) in [7, 11) is 0. The Morgan fingerprint density at radius 1 is 1.24 bits per heavy atom. The minimum atomic E-state index is -1.09. The van der Waals surface area contributed by atoms with Crippen molar-refractivity contribution >= 4 is 29.2 Å². The lowest BCUT2D eigenvalue weighted by molar-refractivity contribution is 0.0697. The number of carboxylic acids is 1. The lowest BCUT2D eigenvalue weighted by Crippen LogP contribution is -2.09. The maximum Gasteiger partial charge on any atom is 0.335 e. The molecule has 1 aromatic carbocycles. The Morgan fingerprint density at radius 2 is 1.86 bits per heavy atom. The van der Waals surface area contributed by atoms with Crippen LogP contribution in [0, 0.1) is 0 Å². The van der Waals surface area contributed by atoms with Crippen molar-refractivity contribution in [3.05, 3.63) is 33.6 Å². The number of rotatable bonds is 3. The first kappa shape index (κ1) is 14.3. The Morgan fingerprint density at radius 3 is 2.43 bits per heavy atom. The second-order valence-electron chi connectivity index (χ2n) is 5.02. The minimum Gasteiger partial charge on any atom is -0.478 e. The maximum atomic E-state index is 11.0. The van der Waals surface area contributed by atoms with E-state index in [0.717, 1.165) is 31.5 Å². The minimum absolute atomic E-state index is 0.0317. The summed E-state index contributed by atoms with van der Waals surface area (Å²) < 4.78 is 1.52. The molecule has 1 heterocycles.